The summed E-state index contributed by atoms with van der Waals surface area (Å²) >= 11 is 6.50. The lowest BCUT2D eigenvalue weighted by Gasteiger charge is -2.40. The Balaban J connectivity index is 1.71. The number of hydrogen-bond donors (Lipinski definition) is 1. The van der Waals surface area contributed by atoms with Gasteiger partial charge in [-0.15, -0.1) is 0 Å². The molecule has 3 heterocycles. The van der Waals surface area contributed by atoms with E-state index < -0.39 is 35.4 Å². The molecule has 1 saturated heterocycles. The van der Waals surface area contributed by atoms with Gasteiger partial charge >= 0.3 is 11.9 Å². The van der Waals surface area contributed by atoms with E-state index in [1.165, 1.54) is 24.3 Å². The van der Waals surface area contributed by atoms with Gasteiger partial charge in [0.15, 0.2) is 0 Å². The molecule has 1 aliphatic carbocycles. The van der Waals surface area contributed by atoms with Gasteiger partial charge in [0.2, 0.25) is 5.91 Å². The average Bonchev–Trinajstić information content (AvgIpc) is 3.67. The highest BCUT2D eigenvalue weighted by molar-refractivity contribution is 6.34. The molecule has 206 valence electrons. The molecule has 13 heteroatoms. The second kappa shape index (κ2) is 9.51. The van der Waals surface area contributed by atoms with E-state index in [1.54, 1.807) is 9.80 Å². The minimum Gasteiger partial charge on any atom is -0.507 e. The van der Waals surface area contributed by atoms with Gasteiger partial charge in [-0.25, -0.2) is 14.2 Å². The highest BCUT2D eigenvalue weighted by Crippen LogP contribution is 2.58. The van der Waals surface area contributed by atoms with Crippen LogP contribution in [0.3, 0.4) is 0 Å². The van der Waals surface area contributed by atoms with Gasteiger partial charge in [-0.3, -0.25) is 9.36 Å². The first-order valence-electron chi connectivity index (χ1n) is 12.2. The molecule has 39 heavy (non-hydrogen) atoms. The van der Waals surface area contributed by atoms with Crippen molar-refractivity contribution >= 4 is 34.4 Å². The number of aromatic nitrogens is 3. The number of carbonyl (C=O) groups excluding carboxylic acids is 1. The van der Waals surface area contributed by atoms with Crippen LogP contribution in [0, 0.1) is 11.2 Å². The van der Waals surface area contributed by atoms with Gasteiger partial charge in [0.1, 0.15) is 23.0 Å². The summed E-state index contributed by atoms with van der Waals surface area (Å²) in [5.74, 6) is -1.44. The summed E-state index contributed by atoms with van der Waals surface area (Å²) in [5.41, 5.74) is -3.79. The number of fused-ring (bicyclic) bond motifs is 1. The predicted octanol–water partition coefficient (Wildman–Crippen LogP) is 4.52. The van der Waals surface area contributed by atoms with E-state index in [-0.39, 0.29) is 71.0 Å². The fourth-order valence-electron chi connectivity index (χ4n) is 5.02. The normalized spacial score (nSPS) is 18.9. The van der Waals surface area contributed by atoms with Crippen LogP contribution in [0.1, 0.15) is 19.8 Å². The van der Waals surface area contributed by atoms with Gasteiger partial charge in [-0.1, -0.05) is 24.2 Å². The Morgan fingerprint density at radius 2 is 2.00 bits per heavy atom. The molecule has 2 fully saturated rings. The Bertz CT molecular complexity index is 1530. The van der Waals surface area contributed by atoms with Crippen molar-refractivity contribution in [2.75, 3.05) is 24.5 Å². The number of phenols is 1. The van der Waals surface area contributed by atoms with E-state index in [2.05, 4.69) is 16.5 Å². The summed E-state index contributed by atoms with van der Waals surface area (Å²) in [6.07, 6.45) is -3.66. The number of nitrogens with zero attached hydrogens (tertiary/aromatic N) is 5. The smallest absolute Gasteiger partial charge is 0.396 e. The van der Waals surface area contributed by atoms with Crippen molar-refractivity contribution in [3.8, 4) is 17.0 Å². The standard InChI is InChI=1S/C26H24ClF4N5O3/c1-3-19(38)34-9-10-35(14(2)12-34)23-15-11-16(27)21(20-17(28)5-4-6-18(20)37)32-22(15)36(24(39)33-23)13-25(7-8-25)26(29,30)31/h3-6,11,14,37H,1,7-10,12-13H2,2H3/t14-/m0/s1. The van der Waals surface area contributed by atoms with E-state index in [9.17, 15) is 32.3 Å². The van der Waals surface area contributed by atoms with Crippen LogP contribution >= 0.6 is 11.6 Å². The minimum absolute atomic E-state index is 0.0961. The maximum absolute atomic E-state index is 14.8. The second-order valence-corrected chi connectivity index (χ2v) is 10.3. The molecule has 1 amide bonds. The molecule has 0 radical (unpaired) electrons. The molecule has 0 bridgehead atoms. The lowest BCUT2D eigenvalue weighted by molar-refractivity contribution is -0.190. The average molecular weight is 566 g/mol. The van der Waals surface area contributed by atoms with Crippen LogP contribution in [0.15, 0.2) is 41.7 Å². The van der Waals surface area contributed by atoms with E-state index >= 15 is 0 Å². The first-order chi connectivity index (χ1) is 18.4. The van der Waals surface area contributed by atoms with Crippen LogP contribution in [-0.4, -0.2) is 62.3 Å². The number of piperazine rings is 1. The molecule has 2 aliphatic rings. The largest absolute Gasteiger partial charge is 0.507 e. The van der Waals surface area contributed by atoms with E-state index in [4.69, 9.17) is 11.6 Å². The molecule has 1 aromatic carbocycles. The minimum atomic E-state index is -4.56. The summed E-state index contributed by atoms with van der Waals surface area (Å²) in [6, 6.07) is 4.62. The summed E-state index contributed by atoms with van der Waals surface area (Å²) in [6.45, 7) is 5.45. The van der Waals surface area contributed by atoms with Crippen LogP contribution in [-0.2, 0) is 11.3 Å². The van der Waals surface area contributed by atoms with Crippen molar-refractivity contribution in [2.24, 2.45) is 5.41 Å². The quantitative estimate of drug-likeness (QED) is 0.361. The summed E-state index contributed by atoms with van der Waals surface area (Å²) in [4.78, 5) is 37.3. The highest BCUT2D eigenvalue weighted by Gasteiger charge is 2.63. The molecule has 8 nitrogen and oxygen atoms in total. The number of carbonyl (C=O) groups is 1. The monoisotopic (exact) mass is 565 g/mol. The van der Waals surface area contributed by atoms with Gasteiger partial charge < -0.3 is 14.9 Å². The molecular weight excluding hydrogens is 542 g/mol. The van der Waals surface area contributed by atoms with Crippen molar-refractivity contribution in [3.05, 3.63) is 58.2 Å². The Labute approximate surface area is 225 Å². The lowest BCUT2D eigenvalue weighted by Crippen LogP contribution is -2.54. The van der Waals surface area contributed by atoms with Crippen LogP contribution in [0.5, 0.6) is 5.75 Å². The number of benzene rings is 1. The number of phenolic OH excluding ortho intramolecular Hbond substituents is 1. The molecule has 0 spiro atoms. The van der Waals surface area contributed by atoms with Gasteiger partial charge in [-0.2, -0.15) is 18.2 Å². The number of rotatable bonds is 5. The molecule has 1 atom stereocenters. The molecule has 2 aromatic heterocycles. The number of hydrogen-bond acceptors (Lipinski definition) is 6. The van der Waals surface area contributed by atoms with Gasteiger partial charge in [0.05, 0.1) is 27.1 Å². The third-order valence-corrected chi connectivity index (χ3v) is 7.70. The number of halogens is 5. The topological polar surface area (TPSA) is 91.6 Å². The van der Waals surface area contributed by atoms with E-state index in [1.807, 2.05) is 6.92 Å². The van der Waals surface area contributed by atoms with Gasteiger partial charge in [0.25, 0.3) is 0 Å². The number of anilines is 1. The Kier molecular flexibility index (Phi) is 6.56. The Morgan fingerprint density at radius 3 is 2.59 bits per heavy atom. The fraction of sp³-hybridized carbons (Fsp3) is 0.385. The molecule has 0 unspecified atom stereocenters. The second-order valence-electron chi connectivity index (χ2n) is 9.94. The molecule has 1 aliphatic heterocycles. The lowest BCUT2D eigenvalue weighted by atomic mass is 10.1. The van der Waals surface area contributed by atoms with Gasteiger partial charge in [0, 0.05) is 32.2 Å². The van der Waals surface area contributed by atoms with Crippen molar-refractivity contribution in [3.63, 3.8) is 0 Å². The molecule has 3 aromatic rings. The number of pyridine rings is 1. The van der Waals surface area contributed by atoms with E-state index in [0.29, 0.717) is 6.54 Å². The first-order valence-corrected chi connectivity index (χ1v) is 12.6. The first kappa shape index (κ1) is 26.9. The highest BCUT2D eigenvalue weighted by atomic mass is 35.5. The molecule has 1 N–H and O–H groups in total. The van der Waals surface area contributed by atoms with Crippen LogP contribution < -0.4 is 10.6 Å². The maximum atomic E-state index is 14.8. The van der Waals surface area contributed by atoms with Crippen molar-refractivity contribution < 1.29 is 27.5 Å². The summed E-state index contributed by atoms with van der Waals surface area (Å²) < 4.78 is 57.2. The van der Waals surface area contributed by atoms with Crippen LogP contribution in [0.4, 0.5) is 23.4 Å². The van der Waals surface area contributed by atoms with Gasteiger partial charge in [-0.05, 0) is 44.0 Å². The zero-order valence-corrected chi connectivity index (χ0v) is 21.6. The van der Waals surface area contributed by atoms with Crippen molar-refractivity contribution in [1.29, 1.82) is 0 Å². The molecule has 5 rings (SSSR count). The number of aromatic hydroxyl groups is 1. The van der Waals surface area contributed by atoms with Crippen molar-refractivity contribution in [2.45, 2.75) is 38.5 Å². The predicted molar refractivity (Wildman–Crippen MR) is 137 cm³/mol. The van der Waals surface area contributed by atoms with E-state index in [0.717, 1.165) is 10.6 Å². The molecular formula is C26H24ClF4N5O3. The zero-order chi connectivity index (χ0) is 28.3. The third kappa shape index (κ3) is 4.60. The number of amides is 1. The molecule has 1 saturated carbocycles. The fourth-order valence-corrected chi connectivity index (χ4v) is 5.27. The Morgan fingerprint density at radius 1 is 1.28 bits per heavy atom. The number of alkyl halides is 3. The van der Waals surface area contributed by atoms with Crippen LogP contribution in [0.2, 0.25) is 5.02 Å². The SMILES string of the molecule is C=CC(=O)N1CCN(c2nc(=O)n(CC3(C(F)(F)F)CC3)c3nc(-c4c(O)cccc4F)c(Cl)cc23)[C@@H](C)C1. The van der Waals surface area contributed by atoms with Crippen molar-refractivity contribution in [1.82, 2.24) is 19.4 Å². The summed E-state index contributed by atoms with van der Waals surface area (Å²) in [5, 5.41) is 10.4. The maximum Gasteiger partial charge on any atom is 0.396 e. The summed E-state index contributed by atoms with van der Waals surface area (Å²) in [7, 11) is 0. The Hall–Kier alpha value is -3.67. The third-order valence-electron chi connectivity index (χ3n) is 7.41. The zero-order valence-electron chi connectivity index (χ0n) is 20.8. The van der Waals surface area contributed by atoms with Crippen LogP contribution in [0.25, 0.3) is 22.3 Å².